The van der Waals surface area contributed by atoms with Gasteiger partial charge in [0.25, 0.3) is 0 Å². The summed E-state index contributed by atoms with van der Waals surface area (Å²) >= 11 is 0. The summed E-state index contributed by atoms with van der Waals surface area (Å²) in [5.41, 5.74) is 3.95. The molecule has 0 radical (unpaired) electrons. The van der Waals surface area contributed by atoms with Gasteiger partial charge in [-0.1, -0.05) is 36.4 Å². The Balaban J connectivity index is 1.44. The van der Waals surface area contributed by atoms with Gasteiger partial charge in [-0.15, -0.1) is 0 Å². The fourth-order valence-corrected chi connectivity index (χ4v) is 4.83. The third kappa shape index (κ3) is 3.45. The van der Waals surface area contributed by atoms with Gasteiger partial charge in [-0.3, -0.25) is 0 Å². The molecule has 1 aliphatic rings. The molecular weight excluding hydrogens is 348 g/mol. The lowest BCUT2D eigenvalue weighted by molar-refractivity contribution is 0.382. The Bertz CT molecular complexity index is 1010. The number of piperazine rings is 1. The third-order valence-corrected chi connectivity index (χ3v) is 6.60. The maximum atomic E-state index is 12.7. The smallest absolute Gasteiger partial charge is 0.218 e. The molecule has 0 aliphatic carbocycles. The minimum Gasteiger partial charge on any atom is -0.340 e. The molecule has 2 aromatic carbocycles. The van der Waals surface area contributed by atoms with Crippen molar-refractivity contribution >= 4 is 27.0 Å². The zero-order valence-corrected chi connectivity index (χ0v) is 15.5. The number of fused-ring (bicyclic) bond motifs is 1. The lowest BCUT2D eigenvalue weighted by atomic mass is 10.2. The van der Waals surface area contributed by atoms with E-state index >= 15 is 0 Å². The van der Waals surface area contributed by atoms with E-state index in [2.05, 4.69) is 27.9 Å². The Morgan fingerprint density at radius 1 is 1.04 bits per heavy atom. The van der Waals surface area contributed by atoms with Crippen LogP contribution in [0.1, 0.15) is 11.1 Å². The first-order valence-electron chi connectivity index (χ1n) is 8.74. The second kappa shape index (κ2) is 6.74. The quantitative estimate of drug-likeness (QED) is 0.766. The second-order valence-corrected chi connectivity index (χ2v) is 8.68. The number of nitrogens with one attached hydrogen (secondary N) is 1. The summed E-state index contributed by atoms with van der Waals surface area (Å²) in [6, 6.07) is 15.5. The van der Waals surface area contributed by atoms with E-state index in [4.69, 9.17) is 0 Å². The van der Waals surface area contributed by atoms with Crippen molar-refractivity contribution in [2.24, 2.45) is 0 Å². The van der Waals surface area contributed by atoms with Crippen LogP contribution in [0.5, 0.6) is 0 Å². The van der Waals surface area contributed by atoms with E-state index < -0.39 is 10.0 Å². The van der Waals surface area contributed by atoms with Crippen LogP contribution in [0.2, 0.25) is 0 Å². The van der Waals surface area contributed by atoms with Crippen LogP contribution in [0.3, 0.4) is 0 Å². The molecule has 26 heavy (non-hydrogen) atoms. The van der Waals surface area contributed by atoms with Gasteiger partial charge < -0.3 is 9.88 Å². The van der Waals surface area contributed by atoms with Crippen LogP contribution in [0.15, 0.2) is 48.5 Å². The zero-order chi connectivity index (χ0) is 18.1. The van der Waals surface area contributed by atoms with Gasteiger partial charge >= 0.3 is 0 Å². The van der Waals surface area contributed by atoms with Crippen LogP contribution in [-0.4, -0.2) is 48.9 Å². The fraction of sp³-hybridized carbons (Fsp3) is 0.316. The highest BCUT2D eigenvalue weighted by Gasteiger charge is 2.28. The SMILES string of the molecule is Cc1ccc2nc(N3CCN(S(=O)(=O)Cc4ccccc4)CC3)[nH]c2c1. The summed E-state index contributed by atoms with van der Waals surface area (Å²) in [7, 11) is -3.30. The molecular formula is C19H22N4O2S. The Morgan fingerprint density at radius 3 is 2.50 bits per heavy atom. The van der Waals surface area contributed by atoms with Crippen LogP contribution in [0, 0.1) is 6.92 Å². The summed E-state index contributed by atoms with van der Waals surface area (Å²) < 4.78 is 26.9. The molecule has 0 spiro atoms. The molecule has 1 aliphatic heterocycles. The van der Waals surface area contributed by atoms with E-state index in [-0.39, 0.29) is 5.75 Å². The average molecular weight is 370 g/mol. The van der Waals surface area contributed by atoms with E-state index in [1.54, 1.807) is 4.31 Å². The molecule has 1 aromatic heterocycles. The van der Waals surface area contributed by atoms with Crippen LogP contribution < -0.4 is 4.90 Å². The number of rotatable bonds is 4. The number of hydrogen-bond donors (Lipinski definition) is 1. The molecule has 1 saturated heterocycles. The van der Waals surface area contributed by atoms with Crippen molar-refractivity contribution in [1.29, 1.82) is 0 Å². The van der Waals surface area contributed by atoms with Gasteiger partial charge in [0.1, 0.15) is 0 Å². The molecule has 1 fully saturated rings. The Labute approximate surface area is 153 Å². The highest BCUT2D eigenvalue weighted by molar-refractivity contribution is 7.88. The maximum Gasteiger partial charge on any atom is 0.218 e. The molecule has 0 bridgehead atoms. The first kappa shape index (κ1) is 17.1. The Hall–Kier alpha value is -2.38. The number of sulfonamides is 1. The topological polar surface area (TPSA) is 69.3 Å². The minimum absolute atomic E-state index is 0.0533. The fourth-order valence-electron chi connectivity index (χ4n) is 3.31. The molecule has 0 amide bonds. The van der Waals surface area contributed by atoms with Crippen molar-refractivity contribution in [3.63, 3.8) is 0 Å². The number of imidazole rings is 1. The highest BCUT2D eigenvalue weighted by atomic mass is 32.2. The van der Waals surface area contributed by atoms with E-state index in [9.17, 15) is 8.42 Å². The van der Waals surface area contributed by atoms with Gasteiger partial charge in [0.15, 0.2) is 0 Å². The van der Waals surface area contributed by atoms with Crippen LogP contribution in [0.4, 0.5) is 5.95 Å². The van der Waals surface area contributed by atoms with Crippen LogP contribution >= 0.6 is 0 Å². The van der Waals surface area contributed by atoms with Gasteiger partial charge in [-0.2, -0.15) is 4.31 Å². The molecule has 3 aromatic rings. The molecule has 136 valence electrons. The van der Waals surface area contributed by atoms with Crippen LogP contribution in [0.25, 0.3) is 11.0 Å². The number of benzene rings is 2. The van der Waals surface area contributed by atoms with Crippen LogP contribution in [-0.2, 0) is 15.8 Å². The highest BCUT2D eigenvalue weighted by Crippen LogP contribution is 2.21. The Morgan fingerprint density at radius 2 is 1.77 bits per heavy atom. The van der Waals surface area contributed by atoms with Gasteiger partial charge in [0, 0.05) is 26.2 Å². The van der Waals surface area contributed by atoms with Crippen molar-refractivity contribution in [3.8, 4) is 0 Å². The van der Waals surface area contributed by atoms with Crippen molar-refractivity contribution < 1.29 is 8.42 Å². The zero-order valence-electron chi connectivity index (χ0n) is 14.7. The number of aromatic amines is 1. The van der Waals surface area contributed by atoms with E-state index in [0.717, 1.165) is 22.5 Å². The van der Waals surface area contributed by atoms with Crippen molar-refractivity contribution in [1.82, 2.24) is 14.3 Å². The summed E-state index contributed by atoms with van der Waals surface area (Å²) in [6.07, 6.45) is 0. The lowest BCUT2D eigenvalue weighted by Gasteiger charge is -2.33. The first-order chi connectivity index (χ1) is 12.5. The van der Waals surface area contributed by atoms with E-state index in [1.165, 1.54) is 5.56 Å². The van der Waals surface area contributed by atoms with Crippen molar-refractivity contribution in [2.45, 2.75) is 12.7 Å². The van der Waals surface area contributed by atoms with Gasteiger partial charge in [-0.05, 0) is 30.2 Å². The predicted molar refractivity (Wildman–Crippen MR) is 104 cm³/mol. The summed E-state index contributed by atoms with van der Waals surface area (Å²) in [5.74, 6) is 0.864. The molecule has 4 rings (SSSR count). The van der Waals surface area contributed by atoms with Gasteiger partial charge in [0.05, 0.1) is 16.8 Å². The molecule has 6 nitrogen and oxygen atoms in total. The van der Waals surface area contributed by atoms with E-state index in [0.29, 0.717) is 26.2 Å². The number of hydrogen-bond acceptors (Lipinski definition) is 4. The Kier molecular flexibility index (Phi) is 4.42. The minimum atomic E-state index is -3.30. The summed E-state index contributed by atoms with van der Waals surface area (Å²) in [5, 5.41) is 0. The first-order valence-corrected chi connectivity index (χ1v) is 10.4. The molecule has 2 heterocycles. The average Bonchev–Trinajstić information content (AvgIpc) is 3.05. The lowest BCUT2D eigenvalue weighted by Crippen LogP contribution is -2.49. The van der Waals surface area contributed by atoms with Crippen molar-refractivity contribution in [2.75, 3.05) is 31.1 Å². The number of nitrogens with zero attached hydrogens (tertiary/aromatic N) is 3. The maximum absolute atomic E-state index is 12.7. The number of aromatic nitrogens is 2. The number of H-pyrrole nitrogens is 1. The third-order valence-electron chi connectivity index (χ3n) is 4.75. The molecule has 1 N–H and O–H groups in total. The van der Waals surface area contributed by atoms with Gasteiger partial charge in [-0.25, -0.2) is 13.4 Å². The monoisotopic (exact) mass is 370 g/mol. The van der Waals surface area contributed by atoms with E-state index in [1.807, 2.05) is 42.5 Å². The summed E-state index contributed by atoms with van der Waals surface area (Å²) in [6.45, 7) is 4.27. The molecule has 0 unspecified atom stereocenters. The largest absolute Gasteiger partial charge is 0.340 e. The molecule has 7 heteroatoms. The molecule has 0 saturated carbocycles. The second-order valence-electron chi connectivity index (χ2n) is 6.71. The summed E-state index contributed by atoms with van der Waals surface area (Å²) in [4.78, 5) is 10.1. The normalized spacial score (nSPS) is 16.3. The predicted octanol–water partition coefficient (Wildman–Crippen LogP) is 2.52. The molecule has 0 atom stereocenters. The van der Waals surface area contributed by atoms with Gasteiger partial charge in [0.2, 0.25) is 16.0 Å². The number of aryl methyl sites for hydroxylation is 1. The standard InChI is InChI=1S/C19H22N4O2S/c1-15-7-8-17-18(13-15)21-19(20-17)22-9-11-23(12-10-22)26(24,25)14-16-5-3-2-4-6-16/h2-8,13H,9-12,14H2,1H3,(H,20,21). The number of anilines is 1. The van der Waals surface area contributed by atoms with Crippen molar-refractivity contribution in [3.05, 3.63) is 59.7 Å².